The molecular formula is C4H9N3. The minimum atomic E-state index is 0. The zero-order chi connectivity index (χ0) is 4.41. The van der Waals surface area contributed by atoms with E-state index in [9.17, 15) is 0 Å². The number of imidazole rings is 1. The van der Waals surface area contributed by atoms with Crippen molar-refractivity contribution in [3.8, 4) is 0 Å². The third kappa shape index (κ3) is 1.36. The summed E-state index contributed by atoms with van der Waals surface area (Å²) in [6.07, 6.45) is 5.39. The lowest BCUT2D eigenvalue weighted by molar-refractivity contribution is 0.913. The van der Waals surface area contributed by atoms with Crippen LogP contribution in [0.3, 0.4) is 0 Å². The van der Waals surface area contributed by atoms with Crippen LogP contribution >= 0.6 is 0 Å². The monoisotopic (exact) mass is 99.1 g/mol. The summed E-state index contributed by atoms with van der Waals surface area (Å²) in [4.78, 5) is 3.78. The van der Waals surface area contributed by atoms with Gasteiger partial charge in [-0.3, -0.25) is 0 Å². The van der Waals surface area contributed by atoms with Gasteiger partial charge in [0.15, 0.2) is 0 Å². The van der Waals surface area contributed by atoms with Crippen LogP contribution in [0.2, 0.25) is 0 Å². The first-order valence-corrected chi connectivity index (χ1v) is 1.81. The second-order valence-corrected chi connectivity index (χ2v) is 1.23. The van der Waals surface area contributed by atoms with Crippen molar-refractivity contribution >= 4 is 0 Å². The van der Waals surface area contributed by atoms with Crippen molar-refractivity contribution in [1.29, 1.82) is 0 Å². The molecule has 0 aliphatic heterocycles. The van der Waals surface area contributed by atoms with E-state index in [2.05, 4.69) is 4.98 Å². The first-order chi connectivity index (χ1) is 2.89. The van der Waals surface area contributed by atoms with Crippen molar-refractivity contribution in [2.24, 2.45) is 7.05 Å². The normalized spacial score (nSPS) is 7.57. The lowest BCUT2D eigenvalue weighted by Crippen LogP contribution is -1.76. The molecule has 0 unspecified atom stereocenters. The molecule has 0 bridgehead atoms. The minimum absolute atomic E-state index is 0. The summed E-state index contributed by atoms with van der Waals surface area (Å²) in [5, 5.41) is 0. The highest BCUT2D eigenvalue weighted by atomic mass is 15.0. The van der Waals surface area contributed by atoms with Gasteiger partial charge in [-0.25, -0.2) is 4.98 Å². The SMILES string of the molecule is Cn1ccnc1.N. The fourth-order valence-electron chi connectivity index (χ4n) is 0.326. The smallest absolute Gasteiger partial charge is 0.0943 e. The van der Waals surface area contributed by atoms with Crippen LogP contribution in [0.25, 0.3) is 0 Å². The molecule has 1 heterocycles. The van der Waals surface area contributed by atoms with Crippen LogP contribution in [0.15, 0.2) is 18.7 Å². The van der Waals surface area contributed by atoms with Gasteiger partial charge in [0, 0.05) is 19.4 Å². The van der Waals surface area contributed by atoms with Crippen LogP contribution in [0, 0.1) is 0 Å². The standard InChI is InChI=1S/C4H6N2.H3N/c1-6-3-2-5-4-6;/h2-4H,1H3;1H3. The van der Waals surface area contributed by atoms with E-state index < -0.39 is 0 Å². The first-order valence-electron chi connectivity index (χ1n) is 1.81. The molecule has 0 amide bonds. The van der Waals surface area contributed by atoms with Gasteiger partial charge >= 0.3 is 0 Å². The maximum absolute atomic E-state index is 3.78. The van der Waals surface area contributed by atoms with Gasteiger partial charge in [-0.2, -0.15) is 0 Å². The predicted molar refractivity (Wildman–Crippen MR) is 28.2 cm³/mol. The maximum atomic E-state index is 3.78. The Balaban J connectivity index is 0.000000360. The molecule has 7 heavy (non-hydrogen) atoms. The maximum Gasteiger partial charge on any atom is 0.0943 e. The molecule has 0 aliphatic carbocycles. The number of nitrogens with zero attached hydrogens (tertiary/aromatic N) is 2. The van der Waals surface area contributed by atoms with Crippen molar-refractivity contribution in [3.63, 3.8) is 0 Å². The summed E-state index contributed by atoms with van der Waals surface area (Å²) in [6, 6.07) is 0. The molecule has 40 valence electrons. The summed E-state index contributed by atoms with van der Waals surface area (Å²) in [7, 11) is 1.94. The van der Waals surface area contributed by atoms with Crippen molar-refractivity contribution < 1.29 is 0 Å². The van der Waals surface area contributed by atoms with Gasteiger partial charge in [0.25, 0.3) is 0 Å². The Morgan fingerprint density at radius 3 is 2.43 bits per heavy atom. The van der Waals surface area contributed by atoms with E-state index in [1.807, 2.05) is 17.8 Å². The number of aromatic nitrogens is 2. The van der Waals surface area contributed by atoms with Gasteiger partial charge < -0.3 is 10.7 Å². The third-order valence-electron chi connectivity index (χ3n) is 0.637. The number of aryl methyl sites for hydroxylation is 1. The lowest BCUT2D eigenvalue weighted by atomic mass is 10.9. The second kappa shape index (κ2) is 2.36. The van der Waals surface area contributed by atoms with Crippen LogP contribution in [0.4, 0.5) is 0 Å². The molecule has 3 heteroatoms. The van der Waals surface area contributed by atoms with Gasteiger partial charge in [-0.1, -0.05) is 0 Å². The topological polar surface area (TPSA) is 52.8 Å². The van der Waals surface area contributed by atoms with E-state index in [1.165, 1.54) is 0 Å². The molecule has 0 aromatic carbocycles. The van der Waals surface area contributed by atoms with Crippen molar-refractivity contribution in [2.75, 3.05) is 0 Å². The fourth-order valence-corrected chi connectivity index (χ4v) is 0.326. The molecule has 0 atom stereocenters. The van der Waals surface area contributed by atoms with Crippen LogP contribution in [-0.2, 0) is 7.05 Å². The molecule has 1 aromatic heterocycles. The van der Waals surface area contributed by atoms with E-state index >= 15 is 0 Å². The van der Waals surface area contributed by atoms with Gasteiger partial charge in [-0.15, -0.1) is 0 Å². The number of rotatable bonds is 0. The van der Waals surface area contributed by atoms with Gasteiger partial charge in [0.05, 0.1) is 6.33 Å². The van der Waals surface area contributed by atoms with E-state index in [4.69, 9.17) is 0 Å². The van der Waals surface area contributed by atoms with Crippen molar-refractivity contribution in [3.05, 3.63) is 18.7 Å². The van der Waals surface area contributed by atoms with E-state index in [0.717, 1.165) is 0 Å². The third-order valence-corrected chi connectivity index (χ3v) is 0.637. The Bertz CT molecular complexity index is 110. The molecule has 3 N–H and O–H groups in total. The van der Waals surface area contributed by atoms with E-state index in [0.29, 0.717) is 0 Å². The van der Waals surface area contributed by atoms with Gasteiger partial charge in [0.1, 0.15) is 0 Å². The minimum Gasteiger partial charge on any atom is -0.344 e. The Kier molecular flexibility index (Phi) is 2.08. The quantitative estimate of drug-likeness (QED) is 0.517. The Labute approximate surface area is 42.6 Å². The summed E-state index contributed by atoms with van der Waals surface area (Å²) in [5.74, 6) is 0. The average molecular weight is 99.1 g/mol. The Hall–Kier alpha value is -0.830. The largest absolute Gasteiger partial charge is 0.344 e. The van der Waals surface area contributed by atoms with E-state index in [1.54, 1.807) is 12.5 Å². The molecule has 0 aliphatic rings. The molecular weight excluding hydrogens is 90.1 g/mol. The average Bonchev–Trinajstić information content (AvgIpc) is 1.86. The molecule has 0 saturated heterocycles. The predicted octanol–water partition coefficient (Wildman–Crippen LogP) is 0.582. The summed E-state index contributed by atoms with van der Waals surface area (Å²) >= 11 is 0. The zero-order valence-electron chi connectivity index (χ0n) is 4.33. The highest BCUT2D eigenvalue weighted by Crippen LogP contribution is 1.73. The highest BCUT2D eigenvalue weighted by molar-refractivity contribution is 4.70. The summed E-state index contributed by atoms with van der Waals surface area (Å²) in [5.41, 5.74) is 0. The molecule has 3 nitrogen and oxygen atoms in total. The van der Waals surface area contributed by atoms with Crippen LogP contribution in [0.5, 0.6) is 0 Å². The molecule has 1 rings (SSSR count). The zero-order valence-corrected chi connectivity index (χ0v) is 4.33. The second-order valence-electron chi connectivity index (χ2n) is 1.23. The summed E-state index contributed by atoms with van der Waals surface area (Å²) < 4.78 is 1.89. The molecule has 1 aromatic rings. The fraction of sp³-hybridized carbons (Fsp3) is 0.250. The van der Waals surface area contributed by atoms with Crippen LogP contribution in [0.1, 0.15) is 0 Å². The number of hydrogen-bond acceptors (Lipinski definition) is 2. The first kappa shape index (κ1) is 6.17. The lowest BCUT2D eigenvalue weighted by Gasteiger charge is -1.76. The highest BCUT2D eigenvalue weighted by Gasteiger charge is 1.69. The van der Waals surface area contributed by atoms with Crippen LogP contribution in [-0.4, -0.2) is 9.55 Å². The van der Waals surface area contributed by atoms with E-state index in [-0.39, 0.29) is 6.15 Å². The summed E-state index contributed by atoms with van der Waals surface area (Å²) in [6.45, 7) is 0. The Morgan fingerprint density at radius 1 is 1.57 bits per heavy atom. The molecule has 0 fully saturated rings. The van der Waals surface area contributed by atoms with Crippen molar-refractivity contribution in [2.45, 2.75) is 0 Å². The molecule has 0 spiro atoms. The Morgan fingerprint density at radius 2 is 2.29 bits per heavy atom. The number of hydrogen-bond donors (Lipinski definition) is 1. The van der Waals surface area contributed by atoms with Crippen molar-refractivity contribution in [1.82, 2.24) is 15.7 Å². The van der Waals surface area contributed by atoms with Gasteiger partial charge in [-0.05, 0) is 0 Å². The van der Waals surface area contributed by atoms with Gasteiger partial charge in [0.2, 0.25) is 0 Å². The van der Waals surface area contributed by atoms with Crippen LogP contribution < -0.4 is 6.15 Å². The molecule has 0 radical (unpaired) electrons. The molecule has 0 saturated carbocycles.